The average molecular weight is 472 g/mol. The Labute approximate surface area is 191 Å². The van der Waals surface area contributed by atoms with Crippen molar-refractivity contribution < 1.29 is 18.0 Å². The molecule has 168 valence electrons. The van der Waals surface area contributed by atoms with Crippen LogP contribution in [0.4, 0.5) is 11.4 Å². The van der Waals surface area contributed by atoms with E-state index in [0.717, 1.165) is 28.9 Å². The summed E-state index contributed by atoms with van der Waals surface area (Å²) in [5.41, 5.74) is 2.87. The Morgan fingerprint density at radius 2 is 1.75 bits per heavy atom. The lowest BCUT2D eigenvalue weighted by atomic mass is 10.2. The molecule has 0 saturated carbocycles. The van der Waals surface area contributed by atoms with Crippen molar-refractivity contribution in [3.05, 3.63) is 76.0 Å². The number of thiophene rings is 1. The lowest BCUT2D eigenvalue weighted by Crippen LogP contribution is -2.24. The molecule has 0 aliphatic carbocycles. The first-order valence-electron chi connectivity index (χ1n) is 10.1. The van der Waals surface area contributed by atoms with E-state index in [9.17, 15) is 18.0 Å². The van der Waals surface area contributed by atoms with Gasteiger partial charge in [-0.3, -0.25) is 14.3 Å². The number of amides is 2. The van der Waals surface area contributed by atoms with Gasteiger partial charge in [-0.15, -0.1) is 11.3 Å². The van der Waals surface area contributed by atoms with Crippen LogP contribution in [0.15, 0.2) is 64.9 Å². The zero-order chi connectivity index (χ0) is 23.1. The molecule has 7 nitrogen and oxygen atoms in total. The van der Waals surface area contributed by atoms with Gasteiger partial charge in [0.15, 0.2) is 0 Å². The van der Waals surface area contributed by atoms with Gasteiger partial charge in [0, 0.05) is 24.3 Å². The summed E-state index contributed by atoms with van der Waals surface area (Å²) in [4.78, 5) is 24.6. The van der Waals surface area contributed by atoms with Crippen LogP contribution < -0.4 is 15.4 Å². The second kappa shape index (κ2) is 10.4. The summed E-state index contributed by atoms with van der Waals surface area (Å²) in [6, 6.07) is 15.5. The number of rotatable bonds is 9. The maximum atomic E-state index is 12.8. The molecular formula is C23H25N3O4S2. The molecule has 2 amide bonds. The molecule has 0 saturated heterocycles. The minimum Gasteiger partial charge on any atom is -0.347 e. The lowest BCUT2D eigenvalue weighted by Gasteiger charge is -2.10. The van der Waals surface area contributed by atoms with Gasteiger partial charge in [0.25, 0.3) is 15.9 Å². The third kappa shape index (κ3) is 6.18. The van der Waals surface area contributed by atoms with E-state index in [1.54, 1.807) is 47.8 Å². The Morgan fingerprint density at radius 1 is 1.00 bits per heavy atom. The number of anilines is 2. The van der Waals surface area contributed by atoms with Crippen LogP contribution in [0.1, 0.15) is 40.6 Å². The summed E-state index contributed by atoms with van der Waals surface area (Å²) in [6.07, 6.45) is 1.19. The quantitative estimate of drug-likeness (QED) is 0.427. The lowest BCUT2D eigenvalue weighted by molar-refractivity contribution is -0.116. The molecule has 3 rings (SSSR count). The molecule has 2 aromatic carbocycles. The Hall–Kier alpha value is -3.17. The summed E-state index contributed by atoms with van der Waals surface area (Å²) in [6.45, 7) is 4.04. The van der Waals surface area contributed by atoms with E-state index in [-0.39, 0.29) is 22.2 Å². The standard InChI is InChI=1S/C23H25N3O4S2/c1-3-5-21(27)25-19-7-4-6-17(14-19)15-24-23(28)22-20(12-13-31-22)32(29,30)26-18-10-8-16(2)9-11-18/h4,6-14,26H,3,5,15H2,1-2H3,(H,24,28)(H,25,27). The van der Waals surface area contributed by atoms with Gasteiger partial charge in [-0.05, 0) is 54.6 Å². The summed E-state index contributed by atoms with van der Waals surface area (Å²) in [5.74, 6) is -0.548. The van der Waals surface area contributed by atoms with Crippen molar-refractivity contribution in [2.24, 2.45) is 0 Å². The molecule has 0 bridgehead atoms. The number of sulfonamides is 1. The van der Waals surface area contributed by atoms with Crippen molar-refractivity contribution in [3.8, 4) is 0 Å². The molecule has 0 radical (unpaired) electrons. The topological polar surface area (TPSA) is 104 Å². The average Bonchev–Trinajstić information content (AvgIpc) is 3.25. The van der Waals surface area contributed by atoms with Crippen molar-refractivity contribution in [2.75, 3.05) is 10.0 Å². The SMILES string of the molecule is CCCC(=O)Nc1cccc(CNC(=O)c2sccc2S(=O)(=O)Nc2ccc(C)cc2)c1. The fourth-order valence-electron chi connectivity index (χ4n) is 2.98. The van der Waals surface area contributed by atoms with Crippen molar-refractivity contribution in [3.63, 3.8) is 0 Å². The molecule has 0 unspecified atom stereocenters. The smallest absolute Gasteiger partial charge is 0.263 e. The molecule has 1 aromatic heterocycles. The van der Waals surface area contributed by atoms with Crippen LogP contribution in [0, 0.1) is 6.92 Å². The molecule has 3 N–H and O–H groups in total. The highest BCUT2D eigenvalue weighted by atomic mass is 32.2. The van der Waals surface area contributed by atoms with E-state index in [2.05, 4.69) is 15.4 Å². The first-order valence-corrected chi connectivity index (χ1v) is 12.5. The maximum Gasteiger partial charge on any atom is 0.263 e. The molecule has 0 spiro atoms. The number of benzene rings is 2. The number of nitrogens with one attached hydrogen (secondary N) is 3. The van der Waals surface area contributed by atoms with Crippen LogP contribution in [0.2, 0.25) is 0 Å². The first-order chi connectivity index (χ1) is 15.3. The third-order valence-corrected chi connectivity index (χ3v) is 7.04. The van der Waals surface area contributed by atoms with Crippen molar-refractivity contribution in [1.29, 1.82) is 0 Å². The van der Waals surface area contributed by atoms with Crippen LogP contribution in [0.3, 0.4) is 0 Å². The molecule has 0 aliphatic rings. The highest BCUT2D eigenvalue weighted by Crippen LogP contribution is 2.25. The highest BCUT2D eigenvalue weighted by molar-refractivity contribution is 7.93. The van der Waals surface area contributed by atoms with Gasteiger partial charge in [0.05, 0.1) is 0 Å². The molecule has 0 aliphatic heterocycles. The molecule has 3 aromatic rings. The van der Waals surface area contributed by atoms with Crippen LogP contribution in [0.5, 0.6) is 0 Å². The predicted molar refractivity (Wildman–Crippen MR) is 127 cm³/mol. The summed E-state index contributed by atoms with van der Waals surface area (Å²) in [7, 11) is -3.92. The van der Waals surface area contributed by atoms with Crippen LogP contribution in [0.25, 0.3) is 0 Å². The zero-order valence-electron chi connectivity index (χ0n) is 17.8. The van der Waals surface area contributed by atoms with Crippen molar-refractivity contribution in [2.45, 2.75) is 38.1 Å². The summed E-state index contributed by atoms with van der Waals surface area (Å²) < 4.78 is 28.2. The molecule has 1 heterocycles. The van der Waals surface area contributed by atoms with Crippen molar-refractivity contribution >= 4 is 44.5 Å². The molecular weight excluding hydrogens is 446 g/mol. The monoisotopic (exact) mass is 471 g/mol. The van der Waals surface area contributed by atoms with E-state index in [4.69, 9.17) is 0 Å². The fourth-order valence-corrected chi connectivity index (χ4v) is 5.38. The van der Waals surface area contributed by atoms with E-state index in [0.29, 0.717) is 17.8 Å². The first kappa shape index (κ1) is 23.5. The number of aryl methyl sites for hydroxylation is 1. The number of hydrogen-bond donors (Lipinski definition) is 3. The van der Waals surface area contributed by atoms with Gasteiger partial charge < -0.3 is 10.6 Å². The van der Waals surface area contributed by atoms with Crippen LogP contribution in [-0.4, -0.2) is 20.2 Å². The minimum atomic E-state index is -3.92. The fraction of sp³-hybridized carbons (Fsp3) is 0.217. The largest absolute Gasteiger partial charge is 0.347 e. The van der Waals surface area contributed by atoms with E-state index < -0.39 is 15.9 Å². The van der Waals surface area contributed by atoms with E-state index >= 15 is 0 Å². The third-order valence-electron chi connectivity index (χ3n) is 4.57. The maximum absolute atomic E-state index is 12.8. The highest BCUT2D eigenvalue weighted by Gasteiger charge is 2.24. The van der Waals surface area contributed by atoms with Gasteiger partial charge in [-0.2, -0.15) is 0 Å². The Morgan fingerprint density at radius 3 is 2.47 bits per heavy atom. The normalized spacial score (nSPS) is 11.1. The zero-order valence-corrected chi connectivity index (χ0v) is 19.5. The van der Waals surface area contributed by atoms with Crippen LogP contribution in [-0.2, 0) is 21.4 Å². The van der Waals surface area contributed by atoms with Crippen molar-refractivity contribution in [1.82, 2.24) is 5.32 Å². The number of hydrogen-bond acceptors (Lipinski definition) is 5. The summed E-state index contributed by atoms with van der Waals surface area (Å²) in [5, 5.41) is 7.15. The number of carbonyl (C=O) groups excluding carboxylic acids is 2. The van der Waals surface area contributed by atoms with Gasteiger partial charge in [-0.25, -0.2) is 8.42 Å². The van der Waals surface area contributed by atoms with Gasteiger partial charge in [0.2, 0.25) is 5.91 Å². The minimum absolute atomic E-state index is 0.0665. The Balaban J connectivity index is 1.68. The Bertz CT molecular complexity index is 1200. The molecule has 0 fully saturated rings. The van der Waals surface area contributed by atoms with Gasteiger partial charge in [-0.1, -0.05) is 36.8 Å². The second-order valence-electron chi connectivity index (χ2n) is 7.27. The van der Waals surface area contributed by atoms with E-state index in [1.807, 2.05) is 19.9 Å². The Kier molecular flexibility index (Phi) is 7.66. The summed E-state index contributed by atoms with van der Waals surface area (Å²) >= 11 is 1.06. The second-order valence-corrected chi connectivity index (χ2v) is 9.83. The molecule has 9 heteroatoms. The van der Waals surface area contributed by atoms with E-state index in [1.165, 1.54) is 6.07 Å². The number of carbonyl (C=O) groups is 2. The van der Waals surface area contributed by atoms with Gasteiger partial charge in [0.1, 0.15) is 9.77 Å². The van der Waals surface area contributed by atoms with Crippen LogP contribution >= 0.6 is 11.3 Å². The molecule has 32 heavy (non-hydrogen) atoms. The van der Waals surface area contributed by atoms with Gasteiger partial charge >= 0.3 is 0 Å². The predicted octanol–water partition coefficient (Wildman–Crippen LogP) is 4.53. The molecule has 0 atom stereocenters.